The van der Waals surface area contributed by atoms with Gasteiger partial charge in [-0.15, -0.1) is 0 Å². The zero-order valence-corrected chi connectivity index (χ0v) is 23.2. The van der Waals surface area contributed by atoms with E-state index in [2.05, 4.69) is 5.16 Å². The van der Waals surface area contributed by atoms with Crippen LogP contribution < -0.4 is 9.61 Å². The molecule has 5 aromatic rings. The highest BCUT2D eigenvalue weighted by Crippen LogP contribution is 2.23. The number of oxime groups is 1. The van der Waals surface area contributed by atoms with Gasteiger partial charge < -0.3 is 15.1 Å². The number of rotatable bonds is 12. The topological polar surface area (TPSA) is 101 Å². The van der Waals surface area contributed by atoms with E-state index in [4.69, 9.17) is 4.74 Å². The Bertz CT molecular complexity index is 1690. The predicted octanol–water partition coefficient (Wildman–Crippen LogP) is 6.24. The number of ether oxygens (including phenoxy) is 1. The second-order valence-corrected chi connectivity index (χ2v) is 10.8. The van der Waals surface area contributed by atoms with E-state index in [0.717, 1.165) is 50.2 Å². The third-order valence-electron chi connectivity index (χ3n) is 7.05. The monoisotopic (exact) mass is 566 g/mol. The number of hydrogen-bond acceptors (Lipinski definition) is 6. The Morgan fingerprint density at radius 3 is 2.27 bits per heavy atom. The summed E-state index contributed by atoms with van der Waals surface area (Å²) in [6.45, 7) is 0.676. The SMILES string of the molecule is O=C(O)C(CCc1ccccc1)Cc1ccc(OCCn2c(=O)sc3cc(/C(=N/O)c4ccccc4)ccc32)cc1. The second kappa shape index (κ2) is 13.1. The number of benzene rings is 4. The highest BCUT2D eigenvalue weighted by Gasteiger charge is 2.18. The van der Waals surface area contributed by atoms with Gasteiger partial charge >= 0.3 is 10.8 Å². The van der Waals surface area contributed by atoms with E-state index < -0.39 is 11.9 Å². The molecule has 1 aromatic heterocycles. The Hall–Kier alpha value is -4.69. The van der Waals surface area contributed by atoms with Gasteiger partial charge in [0.05, 0.1) is 22.7 Å². The van der Waals surface area contributed by atoms with E-state index in [9.17, 15) is 19.9 Å². The predicted molar refractivity (Wildman–Crippen MR) is 161 cm³/mol. The lowest BCUT2D eigenvalue weighted by Gasteiger charge is -2.13. The summed E-state index contributed by atoms with van der Waals surface area (Å²) in [6, 6.07) is 32.3. The lowest BCUT2D eigenvalue weighted by atomic mass is 9.93. The maximum atomic E-state index is 12.7. The number of aryl methyl sites for hydroxylation is 1. The van der Waals surface area contributed by atoms with Crippen LogP contribution >= 0.6 is 11.3 Å². The average molecular weight is 567 g/mol. The maximum absolute atomic E-state index is 12.7. The highest BCUT2D eigenvalue weighted by atomic mass is 32.1. The molecular formula is C33H30N2O5S. The van der Waals surface area contributed by atoms with Crippen LogP contribution in [0.1, 0.15) is 28.7 Å². The molecule has 1 atom stereocenters. The van der Waals surface area contributed by atoms with Gasteiger partial charge in [-0.05, 0) is 54.7 Å². The summed E-state index contributed by atoms with van der Waals surface area (Å²) in [5.41, 5.74) is 4.82. The first kappa shape index (κ1) is 27.9. The fraction of sp³-hybridized carbons (Fsp3) is 0.182. The van der Waals surface area contributed by atoms with Crippen molar-refractivity contribution in [2.24, 2.45) is 11.1 Å². The van der Waals surface area contributed by atoms with Crippen LogP contribution in [-0.2, 0) is 24.2 Å². The van der Waals surface area contributed by atoms with E-state index in [1.807, 2.05) is 103 Å². The number of nitrogens with zero attached hydrogens (tertiary/aromatic N) is 2. The molecule has 0 radical (unpaired) electrons. The minimum atomic E-state index is -0.790. The first-order valence-corrected chi connectivity index (χ1v) is 14.2. The molecule has 4 aromatic carbocycles. The van der Waals surface area contributed by atoms with Gasteiger partial charge in [0.1, 0.15) is 18.1 Å². The summed E-state index contributed by atoms with van der Waals surface area (Å²) in [5, 5.41) is 22.8. The molecule has 0 saturated carbocycles. The van der Waals surface area contributed by atoms with E-state index >= 15 is 0 Å². The molecule has 7 nitrogen and oxygen atoms in total. The molecule has 1 heterocycles. The van der Waals surface area contributed by atoms with E-state index in [1.165, 1.54) is 0 Å². The number of aromatic nitrogens is 1. The van der Waals surface area contributed by atoms with Crippen LogP contribution in [0.15, 0.2) is 113 Å². The molecule has 8 heteroatoms. The number of carboxylic acids is 1. The van der Waals surface area contributed by atoms with Crippen molar-refractivity contribution >= 4 is 33.2 Å². The number of thiazole rings is 1. The summed E-state index contributed by atoms with van der Waals surface area (Å²) >= 11 is 1.14. The van der Waals surface area contributed by atoms with E-state index in [0.29, 0.717) is 37.5 Å². The Kier molecular flexibility index (Phi) is 8.91. The molecule has 0 fully saturated rings. The Morgan fingerprint density at radius 2 is 1.59 bits per heavy atom. The van der Waals surface area contributed by atoms with Crippen molar-refractivity contribution in [3.63, 3.8) is 0 Å². The minimum Gasteiger partial charge on any atom is -0.492 e. The molecule has 5 rings (SSSR count). The molecule has 0 saturated heterocycles. The molecule has 1 unspecified atom stereocenters. The van der Waals surface area contributed by atoms with Gasteiger partial charge in [-0.1, -0.05) is 95.4 Å². The van der Waals surface area contributed by atoms with Crippen molar-refractivity contribution in [2.45, 2.75) is 25.8 Å². The minimum absolute atomic E-state index is 0.0893. The number of carboxylic acid groups (broad SMARTS) is 1. The molecule has 0 spiro atoms. The van der Waals surface area contributed by atoms with Crippen LogP contribution in [0.2, 0.25) is 0 Å². The van der Waals surface area contributed by atoms with Gasteiger partial charge in [-0.25, -0.2) is 0 Å². The number of hydrogen-bond donors (Lipinski definition) is 2. The van der Waals surface area contributed by atoms with Crippen LogP contribution in [0.5, 0.6) is 5.75 Å². The fourth-order valence-corrected chi connectivity index (χ4v) is 5.82. The lowest BCUT2D eigenvalue weighted by Crippen LogP contribution is -2.18. The first-order chi connectivity index (χ1) is 20.0. The first-order valence-electron chi connectivity index (χ1n) is 13.4. The third kappa shape index (κ3) is 6.91. The summed E-state index contributed by atoms with van der Waals surface area (Å²) in [6.07, 6.45) is 1.75. The van der Waals surface area contributed by atoms with Crippen molar-refractivity contribution in [1.29, 1.82) is 0 Å². The molecule has 0 aliphatic carbocycles. The third-order valence-corrected chi connectivity index (χ3v) is 7.99. The van der Waals surface area contributed by atoms with Gasteiger partial charge in [0, 0.05) is 11.1 Å². The van der Waals surface area contributed by atoms with Gasteiger partial charge in [-0.2, -0.15) is 0 Å². The number of carbonyl (C=O) groups is 1. The highest BCUT2D eigenvalue weighted by molar-refractivity contribution is 7.16. The van der Waals surface area contributed by atoms with Crippen LogP contribution in [0.3, 0.4) is 0 Å². The molecule has 0 aliphatic rings. The van der Waals surface area contributed by atoms with Crippen LogP contribution in [0, 0.1) is 5.92 Å². The van der Waals surface area contributed by atoms with Crippen molar-refractivity contribution in [3.05, 3.63) is 135 Å². The van der Waals surface area contributed by atoms with Crippen molar-refractivity contribution in [1.82, 2.24) is 4.57 Å². The molecule has 208 valence electrons. The largest absolute Gasteiger partial charge is 0.492 e. The van der Waals surface area contributed by atoms with Gasteiger partial charge in [0.25, 0.3) is 0 Å². The normalized spacial score (nSPS) is 12.3. The maximum Gasteiger partial charge on any atom is 0.308 e. The molecule has 0 amide bonds. The number of aliphatic carboxylic acids is 1. The Balaban J connectivity index is 1.19. The van der Waals surface area contributed by atoms with Gasteiger partial charge in [-0.3, -0.25) is 14.2 Å². The summed E-state index contributed by atoms with van der Waals surface area (Å²) in [5.74, 6) is -0.596. The summed E-state index contributed by atoms with van der Waals surface area (Å²) in [4.78, 5) is 24.5. The molecular weight excluding hydrogens is 536 g/mol. The lowest BCUT2D eigenvalue weighted by molar-refractivity contribution is -0.141. The standard InChI is InChI=1S/C33H30N2O5S/c36-32(37)27(14-11-23-7-3-1-4-8-23)21-24-12-16-28(17-13-24)40-20-19-35-29-18-15-26(22-30(29)41-33(35)38)31(34-39)25-9-5-2-6-10-25/h1-10,12-13,15-18,22,27,39H,11,14,19-21H2,(H,36,37)/b34-31+. The van der Waals surface area contributed by atoms with Crippen LogP contribution in [0.4, 0.5) is 0 Å². The Labute approximate surface area is 241 Å². The molecule has 41 heavy (non-hydrogen) atoms. The van der Waals surface area contributed by atoms with Crippen molar-refractivity contribution in [2.75, 3.05) is 6.61 Å². The van der Waals surface area contributed by atoms with Gasteiger partial charge in [0.15, 0.2) is 0 Å². The zero-order valence-electron chi connectivity index (χ0n) is 22.3. The summed E-state index contributed by atoms with van der Waals surface area (Å²) in [7, 11) is 0. The fourth-order valence-electron chi connectivity index (χ4n) is 4.86. The van der Waals surface area contributed by atoms with E-state index in [1.54, 1.807) is 4.57 Å². The number of fused-ring (bicyclic) bond motifs is 1. The molecule has 0 aliphatic heterocycles. The zero-order chi connectivity index (χ0) is 28.6. The van der Waals surface area contributed by atoms with Crippen molar-refractivity contribution in [3.8, 4) is 5.75 Å². The second-order valence-electron chi connectivity index (χ2n) is 9.77. The average Bonchev–Trinajstić information content (AvgIpc) is 3.31. The smallest absolute Gasteiger partial charge is 0.308 e. The van der Waals surface area contributed by atoms with Crippen LogP contribution in [-0.4, -0.2) is 33.2 Å². The van der Waals surface area contributed by atoms with Crippen LogP contribution in [0.25, 0.3) is 10.2 Å². The Morgan fingerprint density at radius 1 is 0.878 bits per heavy atom. The molecule has 0 bridgehead atoms. The van der Waals surface area contributed by atoms with Crippen molar-refractivity contribution < 1.29 is 19.8 Å². The molecule has 2 N–H and O–H groups in total. The van der Waals surface area contributed by atoms with E-state index in [-0.39, 0.29) is 4.87 Å². The summed E-state index contributed by atoms with van der Waals surface area (Å²) < 4.78 is 8.39. The van der Waals surface area contributed by atoms with Gasteiger partial charge in [0.2, 0.25) is 0 Å². The quantitative estimate of drug-likeness (QED) is 0.106.